The Morgan fingerprint density at radius 1 is 1.27 bits per heavy atom. The Hall–Kier alpha value is -2.51. The molecule has 6 nitrogen and oxygen atoms in total. The van der Waals surface area contributed by atoms with E-state index in [9.17, 15) is 4.79 Å². The molecule has 0 saturated heterocycles. The molecule has 134 valence electrons. The first kappa shape index (κ1) is 18.3. The van der Waals surface area contributed by atoms with Crippen LogP contribution in [-0.4, -0.2) is 27.8 Å². The van der Waals surface area contributed by atoms with Crippen LogP contribution in [0.15, 0.2) is 47.6 Å². The summed E-state index contributed by atoms with van der Waals surface area (Å²) >= 11 is 7.61. The highest BCUT2D eigenvalue weighted by Crippen LogP contribution is 2.31. The van der Waals surface area contributed by atoms with Crippen LogP contribution in [0.1, 0.15) is 22.8 Å². The van der Waals surface area contributed by atoms with E-state index in [1.165, 1.54) is 23.4 Å². The van der Waals surface area contributed by atoms with E-state index >= 15 is 0 Å². The first-order valence-electron chi connectivity index (χ1n) is 7.77. The fraction of sp³-hybridized carbons (Fsp3) is 0.167. The summed E-state index contributed by atoms with van der Waals surface area (Å²) in [6.07, 6.45) is 0. The number of methoxy groups -OCH3 is 1. The molecule has 8 heteroatoms. The van der Waals surface area contributed by atoms with E-state index in [0.717, 1.165) is 5.56 Å². The van der Waals surface area contributed by atoms with E-state index in [4.69, 9.17) is 22.2 Å². The molecule has 0 aliphatic heterocycles. The third-order valence-electron chi connectivity index (χ3n) is 3.82. The predicted octanol–water partition coefficient (Wildman–Crippen LogP) is 3.82. The van der Waals surface area contributed by atoms with Crippen LogP contribution in [0.5, 0.6) is 5.75 Å². The van der Waals surface area contributed by atoms with Crippen molar-refractivity contribution in [2.24, 2.45) is 0 Å². The van der Waals surface area contributed by atoms with E-state index in [0.29, 0.717) is 38.6 Å². The minimum absolute atomic E-state index is 0.00176. The molecule has 0 fully saturated rings. The highest BCUT2D eigenvalue weighted by Gasteiger charge is 2.16. The van der Waals surface area contributed by atoms with Crippen LogP contribution < -0.4 is 10.6 Å². The van der Waals surface area contributed by atoms with Gasteiger partial charge in [-0.2, -0.15) is 0 Å². The Morgan fingerprint density at radius 3 is 2.73 bits per heavy atom. The second-order valence-corrected chi connectivity index (χ2v) is 6.88. The molecule has 2 aromatic carbocycles. The van der Waals surface area contributed by atoms with Crippen LogP contribution in [0.2, 0.25) is 5.02 Å². The lowest BCUT2D eigenvalue weighted by Crippen LogP contribution is -2.11. The average Bonchev–Trinajstić information content (AvgIpc) is 3.00. The molecule has 0 aliphatic carbocycles. The number of nitrogen functional groups attached to an aromatic ring is 1. The van der Waals surface area contributed by atoms with Gasteiger partial charge in [-0.1, -0.05) is 35.5 Å². The normalized spacial score (nSPS) is 10.7. The molecule has 0 atom stereocenters. The van der Waals surface area contributed by atoms with Gasteiger partial charge in [0.25, 0.3) is 0 Å². The van der Waals surface area contributed by atoms with Crippen molar-refractivity contribution in [2.45, 2.75) is 17.8 Å². The maximum absolute atomic E-state index is 11.6. The van der Waals surface area contributed by atoms with Crippen molar-refractivity contribution < 1.29 is 9.53 Å². The lowest BCUT2D eigenvalue weighted by atomic mass is 10.1. The summed E-state index contributed by atoms with van der Waals surface area (Å²) in [5.41, 5.74) is 2.23. The number of nitrogens with two attached hydrogens (primary N) is 1. The summed E-state index contributed by atoms with van der Waals surface area (Å²) in [5, 5.41) is 9.38. The Bertz CT molecular complexity index is 958. The summed E-state index contributed by atoms with van der Waals surface area (Å²) in [6, 6.07) is 12.7. The van der Waals surface area contributed by atoms with Gasteiger partial charge in [-0.05, 0) is 37.3 Å². The quantitative estimate of drug-likeness (QED) is 0.392. The number of thioether (sulfide) groups is 1. The number of aromatic nitrogens is 3. The highest BCUT2D eigenvalue weighted by molar-refractivity contribution is 7.98. The number of hydrogen-bond donors (Lipinski definition) is 1. The summed E-state index contributed by atoms with van der Waals surface area (Å²) < 4.78 is 6.78. The van der Waals surface area contributed by atoms with Gasteiger partial charge in [0.05, 0.1) is 12.1 Å². The van der Waals surface area contributed by atoms with Gasteiger partial charge in [-0.3, -0.25) is 4.79 Å². The van der Waals surface area contributed by atoms with Crippen LogP contribution >= 0.6 is 23.4 Å². The zero-order chi connectivity index (χ0) is 18.7. The molecule has 0 amide bonds. The van der Waals surface area contributed by atoms with Crippen molar-refractivity contribution in [2.75, 3.05) is 13.0 Å². The molecule has 2 N–H and O–H groups in total. The van der Waals surface area contributed by atoms with Gasteiger partial charge in [0.1, 0.15) is 5.75 Å². The number of carbonyl (C=O) groups excluding carboxylic acids is 1. The van der Waals surface area contributed by atoms with Crippen molar-refractivity contribution in [1.82, 2.24) is 14.9 Å². The molecule has 0 unspecified atom stereocenters. The fourth-order valence-corrected chi connectivity index (χ4v) is 3.51. The summed E-state index contributed by atoms with van der Waals surface area (Å²) in [5.74, 6) is 7.87. The molecule has 3 aromatic rings. The van der Waals surface area contributed by atoms with E-state index in [2.05, 4.69) is 10.2 Å². The molecule has 0 saturated carbocycles. The number of benzene rings is 2. The average molecular weight is 389 g/mol. The van der Waals surface area contributed by atoms with Crippen LogP contribution in [0.3, 0.4) is 0 Å². The topological polar surface area (TPSA) is 83.0 Å². The maximum atomic E-state index is 11.6. The Labute approximate surface area is 160 Å². The molecule has 1 heterocycles. The molecule has 0 bridgehead atoms. The second kappa shape index (κ2) is 7.80. The van der Waals surface area contributed by atoms with E-state index in [-0.39, 0.29) is 5.78 Å². The van der Waals surface area contributed by atoms with E-state index in [1.54, 1.807) is 25.3 Å². The number of Topliss-reactive ketones (excluding diaryl/α,β-unsaturated/α-hetero) is 1. The standard InChI is InChI=1S/C18H17ClN4O2S/c1-11(24)12-7-8-16(25-2)13(9-12)10-26-18-22-21-17(23(18)20)14-5-3-4-6-15(14)19/h3-9H,10,20H2,1-2H3. The van der Waals surface area contributed by atoms with Gasteiger partial charge in [0.2, 0.25) is 5.16 Å². The third kappa shape index (κ3) is 3.68. The van der Waals surface area contributed by atoms with Crippen molar-refractivity contribution in [3.63, 3.8) is 0 Å². The number of carbonyl (C=O) groups is 1. The minimum atomic E-state index is 0.00176. The monoisotopic (exact) mass is 388 g/mol. The Morgan fingerprint density at radius 2 is 2.04 bits per heavy atom. The molecule has 0 aliphatic rings. The summed E-state index contributed by atoms with van der Waals surface area (Å²) in [6.45, 7) is 1.53. The first-order valence-corrected chi connectivity index (χ1v) is 9.13. The number of halogens is 1. The van der Waals surface area contributed by atoms with Crippen LogP contribution in [-0.2, 0) is 5.75 Å². The maximum Gasteiger partial charge on any atom is 0.210 e. The SMILES string of the molecule is COc1ccc(C(C)=O)cc1CSc1nnc(-c2ccccc2Cl)n1N. The van der Waals surface area contributed by atoms with Crippen LogP contribution in [0, 0.1) is 0 Å². The zero-order valence-electron chi connectivity index (χ0n) is 14.3. The molecular formula is C18H17ClN4O2S. The van der Waals surface area contributed by atoms with Crippen LogP contribution in [0.25, 0.3) is 11.4 Å². The lowest BCUT2D eigenvalue weighted by Gasteiger charge is -2.10. The van der Waals surface area contributed by atoms with Gasteiger partial charge in [-0.15, -0.1) is 10.2 Å². The van der Waals surface area contributed by atoms with Gasteiger partial charge >= 0.3 is 0 Å². The van der Waals surface area contributed by atoms with Crippen molar-refractivity contribution in [3.8, 4) is 17.1 Å². The zero-order valence-corrected chi connectivity index (χ0v) is 15.8. The molecular weight excluding hydrogens is 372 g/mol. The van der Waals surface area contributed by atoms with Gasteiger partial charge in [0.15, 0.2) is 11.6 Å². The van der Waals surface area contributed by atoms with Crippen molar-refractivity contribution >= 4 is 29.1 Å². The van der Waals surface area contributed by atoms with Gasteiger partial charge in [0, 0.05) is 22.4 Å². The largest absolute Gasteiger partial charge is 0.496 e. The van der Waals surface area contributed by atoms with Gasteiger partial charge in [-0.25, -0.2) is 4.68 Å². The number of ether oxygens (including phenoxy) is 1. The van der Waals surface area contributed by atoms with Crippen LogP contribution in [0.4, 0.5) is 0 Å². The summed E-state index contributed by atoms with van der Waals surface area (Å²) in [7, 11) is 1.60. The first-order chi connectivity index (χ1) is 12.5. The fourth-order valence-electron chi connectivity index (χ4n) is 2.45. The molecule has 0 spiro atoms. The molecule has 3 rings (SSSR count). The second-order valence-electron chi connectivity index (χ2n) is 5.53. The smallest absolute Gasteiger partial charge is 0.210 e. The highest BCUT2D eigenvalue weighted by atomic mass is 35.5. The Kier molecular flexibility index (Phi) is 5.49. The predicted molar refractivity (Wildman–Crippen MR) is 103 cm³/mol. The van der Waals surface area contributed by atoms with Crippen molar-refractivity contribution in [3.05, 3.63) is 58.6 Å². The van der Waals surface area contributed by atoms with Crippen molar-refractivity contribution in [1.29, 1.82) is 0 Å². The molecule has 0 radical (unpaired) electrons. The molecule has 26 heavy (non-hydrogen) atoms. The van der Waals surface area contributed by atoms with E-state index in [1.807, 2.05) is 24.3 Å². The lowest BCUT2D eigenvalue weighted by molar-refractivity contribution is 0.101. The number of ketones is 1. The third-order valence-corrected chi connectivity index (χ3v) is 5.14. The Balaban J connectivity index is 1.84. The molecule has 1 aromatic heterocycles. The number of hydrogen-bond acceptors (Lipinski definition) is 6. The summed E-state index contributed by atoms with van der Waals surface area (Å²) in [4.78, 5) is 11.6. The number of rotatable bonds is 6. The number of nitrogens with zero attached hydrogens (tertiary/aromatic N) is 3. The minimum Gasteiger partial charge on any atom is -0.496 e. The van der Waals surface area contributed by atoms with E-state index < -0.39 is 0 Å². The van der Waals surface area contributed by atoms with Gasteiger partial charge < -0.3 is 10.6 Å².